The molecule has 0 spiro atoms. The van der Waals surface area contributed by atoms with Crippen LogP contribution in [-0.4, -0.2) is 36.5 Å². The van der Waals surface area contributed by atoms with Gasteiger partial charge < -0.3 is 15.2 Å². The van der Waals surface area contributed by atoms with E-state index in [9.17, 15) is 0 Å². The molecular formula is C11H23NO2. The Kier molecular flexibility index (Phi) is 5.45. The monoisotopic (exact) mass is 201 g/mol. The summed E-state index contributed by atoms with van der Waals surface area (Å²) >= 11 is 0. The zero-order valence-electron chi connectivity index (χ0n) is 9.33. The minimum atomic E-state index is 0.0931. The van der Waals surface area contributed by atoms with Crippen LogP contribution in [0.25, 0.3) is 0 Å². The first-order valence-electron chi connectivity index (χ1n) is 5.71. The molecule has 2 N–H and O–H groups in total. The summed E-state index contributed by atoms with van der Waals surface area (Å²) in [4.78, 5) is 0. The van der Waals surface area contributed by atoms with E-state index in [1.54, 1.807) is 0 Å². The van der Waals surface area contributed by atoms with E-state index in [0.717, 1.165) is 0 Å². The lowest BCUT2D eigenvalue weighted by Gasteiger charge is -2.21. The molecule has 1 unspecified atom stereocenters. The molecule has 14 heavy (non-hydrogen) atoms. The number of hydrogen-bond donors (Lipinski definition) is 2. The molecule has 0 aromatic carbocycles. The molecule has 0 radical (unpaired) electrons. The molecule has 3 nitrogen and oxygen atoms in total. The first-order chi connectivity index (χ1) is 6.72. The topological polar surface area (TPSA) is 41.5 Å². The largest absolute Gasteiger partial charge is 0.395 e. The highest BCUT2D eigenvalue weighted by molar-refractivity contribution is 4.71. The van der Waals surface area contributed by atoms with Gasteiger partial charge >= 0.3 is 0 Å². The van der Waals surface area contributed by atoms with Crippen molar-refractivity contribution in [3.05, 3.63) is 0 Å². The van der Waals surface area contributed by atoms with Crippen molar-refractivity contribution in [2.24, 2.45) is 0 Å². The third-order valence-electron chi connectivity index (χ3n) is 2.62. The standard InChI is InChI=1S/C11H23NO2/c1-9(2)12-10(7-13)8-14-11-5-3-4-6-11/h9-13H,3-8H2,1-2H3. The SMILES string of the molecule is CC(C)NC(CO)COC1CCCC1. The van der Waals surface area contributed by atoms with Gasteiger partial charge in [-0.25, -0.2) is 0 Å². The van der Waals surface area contributed by atoms with E-state index >= 15 is 0 Å². The lowest BCUT2D eigenvalue weighted by Crippen LogP contribution is -2.41. The first kappa shape index (κ1) is 12.0. The van der Waals surface area contributed by atoms with Crippen LogP contribution in [0.1, 0.15) is 39.5 Å². The van der Waals surface area contributed by atoms with Crippen molar-refractivity contribution in [2.45, 2.75) is 57.7 Å². The molecule has 0 aliphatic heterocycles. The van der Waals surface area contributed by atoms with Gasteiger partial charge in [-0.15, -0.1) is 0 Å². The summed E-state index contributed by atoms with van der Waals surface area (Å²) in [6.45, 7) is 4.96. The molecule has 0 bridgehead atoms. The summed E-state index contributed by atoms with van der Waals surface area (Å²) in [5.74, 6) is 0. The molecule has 0 aromatic rings. The second-order valence-corrected chi connectivity index (χ2v) is 4.44. The maximum atomic E-state index is 9.11. The summed E-state index contributed by atoms with van der Waals surface area (Å²) in [6, 6.07) is 0.495. The molecule has 1 saturated carbocycles. The van der Waals surface area contributed by atoms with Crippen molar-refractivity contribution in [1.82, 2.24) is 5.32 Å². The zero-order chi connectivity index (χ0) is 10.4. The molecule has 0 amide bonds. The first-order valence-corrected chi connectivity index (χ1v) is 5.71. The van der Waals surface area contributed by atoms with Crippen molar-refractivity contribution in [3.63, 3.8) is 0 Å². The highest BCUT2D eigenvalue weighted by atomic mass is 16.5. The van der Waals surface area contributed by atoms with Crippen molar-refractivity contribution < 1.29 is 9.84 Å². The zero-order valence-corrected chi connectivity index (χ0v) is 9.33. The lowest BCUT2D eigenvalue weighted by molar-refractivity contribution is 0.0294. The van der Waals surface area contributed by atoms with Crippen LogP contribution in [0.2, 0.25) is 0 Å². The van der Waals surface area contributed by atoms with E-state index in [4.69, 9.17) is 9.84 Å². The summed E-state index contributed by atoms with van der Waals surface area (Å²) in [7, 11) is 0. The van der Waals surface area contributed by atoms with E-state index in [-0.39, 0.29) is 12.6 Å². The predicted molar refractivity (Wildman–Crippen MR) is 57.4 cm³/mol. The Morgan fingerprint density at radius 2 is 2.00 bits per heavy atom. The number of aliphatic hydroxyl groups is 1. The molecule has 0 saturated heterocycles. The van der Waals surface area contributed by atoms with Crippen molar-refractivity contribution >= 4 is 0 Å². The maximum absolute atomic E-state index is 9.11. The third kappa shape index (κ3) is 4.40. The van der Waals surface area contributed by atoms with Crippen LogP contribution in [0.15, 0.2) is 0 Å². The molecule has 1 fully saturated rings. The highest BCUT2D eigenvalue weighted by Crippen LogP contribution is 2.20. The van der Waals surface area contributed by atoms with Gasteiger partial charge in [0.2, 0.25) is 0 Å². The van der Waals surface area contributed by atoms with E-state index in [1.807, 2.05) is 0 Å². The Morgan fingerprint density at radius 1 is 1.36 bits per heavy atom. The van der Waals surface area contributed by atoms with Gasteiger partial charge in [0.1, 0.15) is 0 Å². The highest BCUT2D eigenvalue weighted by Gasteiger charge is 2.17. The van der Waals surface area contributed by atoms with Crippen molar-refractivity contribution in [2.75, 3.05) is 13.2 Å². The van der Waals surface area contributed by atoms with Crippen LogP contribution in [0.3, 0.4) is 0 Å². The smallest absolute Gasteiger partial charge is 0.0645 e. The molecule has 1 aliphatic rings. The minimum Gasteiger partial charge on any atom is -0.395 e. The average molecular weight is 201 g/mol. The van der Waals surface area contributed by atoms with Gasteiger partial charge in [-0.2, -0.15) is 0 Å². The van der Waals surface area contributed by atoms with Gasteiger partial charge in [0.05, 0.1) is 25.4 Å². The molecule has 1 aliphatic carbocycles. The van der Waals surface area contributed by atoms with E-state index in [2.05, 4.69) is 19.2 Å². The number of ether oxygens (including phenoxy) is 1. The quantitative estimate of drug-likeness (QED) is 0.680. The third-order valence-corrected chi connectivity index (χ3v) is 2.62. The maximum Gasteiger partial charge on any atom is 0.0645 e. The van der Waals surface area contributed by atoms with Crippen LogP contribution in [0.5, 0.6) is 0 Å². The molecule has 1 atom stereocenters. The second-order valence-electron chi connectivity index (χ2n) is 4.44. The second kappa shape index (κ2) is 6.38. The average Bonchev–Trinajstić information content (AvgIpc) is 2.64. The summed E-state index contributed by atoms with van der Waals surface area (Å²) in [6.07, 6.45) is 5.43. The van der Waals surface area contributed by atoms with Crippen LogP contribution in [0.4, 0.5) is 0 Å². The van der Waals surface area contributed by atoms with Crippen LogP contribution in [0, 0.1) is 0 Å². The fourth-order valence-electron chi connectivity index (χ4n) is 1.93. The lowest BCUT2D eigenvalue weighted by atomic mass is 10.2. The fraction of sp³-hybridized carbons (Fsp3) is 1.00. The van der Waals surface area contributed by atoms with Crippen LogP contribution >= 0.6 is 0 Å². The number of hydrogen-bond acceptors (Lipinski definition) is 3. The summed E-state index contributed by atoms with van der Waals surface area (Å²) in [5.41, 5.74) is 0. The fourth-order valence-corrected chi connectivity index (χ4v) is 1.93. The van der Waals surface area contributed by atoms with Crippen molar-refractivity contribution in [1.29, 1.82) is 0 Å². The number of nitrogens with one attached hydrogen (secondary N) is 1. The molecule has 1 rings (SSSR count). The number of aliphatic hydroxyl groups excluding tert-OH is 1. The predicted octanol–water partition coefficient (Wildman–Crippen LogP) is 1.30. The minimum absolute atomic E-state index is 0.0931. The molecule has 3 heteroatoms. The Bertz CT molecular complexity index is 144. The van der Waals surface area contributed by atoms with Gasteiger partial charge in [0.15, 0.2) is 0 Å². The van der Waals surface area contributed by atoms with E-state index in [0.29, 0.717) is 18.8 Å². The van der Waals surface area contributed by atoms with Gasteiger partial charge in [-0.1, -0.05) is 26.7 Å². The Morgan fingerprint density at radius 3 is 2.50 bits per heavy atom. The van der Waals surface area contributed by atoms with E-state index in [1.165, 1.54) is 25.7 Å². The van der Waals surface area contributed by atoms with Gasteiger partial charge in [-0.05, 0) is 12.8 Å². The molecule has 84 valence electrons. The normalized spacial score (nSPS) is 20.6. The van der Waals surface area contributed by atoms with Crippen LogP contribution in [-0.2, 0) is 4.74 Å². The Labute approximate surface area is 86.8 Å². The van der Waals surface area contributed by atoms with Crippen LogP contribution < -0.4 is 5.32 Å². The van der Waals surface area contributed by atoms with Crippen molar-refractivity contribution in [3.8, 4) is 0 Å². The van der Waals surface area contributed by atoms with E-state index < -0.39 is 0 Å². The molecule has 0 heterocycles. The van der Waals surface area contributed by atoms with Gasteiger partial charge in [0, 0.05) is 6.04 Å². The molecular weight excluding hydrogens is 178 g/mol. The van der Waals surface area contributed by atoms with Gasteiger partial charge in [0.25, 0.3) is 0 Å². The summed E-state index contributed by atoms with van der Waals surface area (Å²) < 4.78 is 5.73. The Balaban J connectivity index is 2.12. The number of rotatable bonds is 6. The Hall–Kier alpha value is -0.120. The van der Waals surface area contributed by atoms with Gasteiger partial charge in [-0.3, -0.25) is 0 Å². The molecule has 0 aromatic heterocycles. The summed E-state index contributed by atoms with van der Waals surface area (Å²) in [5, 5.41) is 12.4.